The summed E-state index contributed by atoms with van der Waals surface area (Å²) in [6, 6.07) is 24.8. The first-order chi connectivity index (χ1) is 18.9. The van der Waals surface area contributed by atoms with Crippen molar-refractivity contribution < 1.29 is 24.1 Å². The van der Waals surface area contributed by atoms with Gasteiger partial charge < -0.3 is 19.3 Å². The number of aliphatic imine (C=N–C) groups is 1. The van der Waals surface area contributed by atoms with Gasteiger partial charge in [-0.3, -0.25) is 10.2 Å². The third-order valence-electron chi connectivity index (χ3n) is 6.46. The number of hydrazine groups is 1. The maximum absolute atomic E-state index is 14.0. The van der Waals surface area contributed by atoms with Crippen LogP contribution in [0.4, 0.5) is 0 Å². The van der Waals surface area contributed by atoms with Gasteiger partial charge in [0, 0.05) is 31.6 Å². The number of amides is 1. The van der Waals surface area contributed by atoms with E-state index in [0.717, 1.165) is 16.7 Å². The molecule has 3 N–H and O–H groups in total. The maximum Gasteiger partial charge on any atom is 0.266 e. The van der Waals surface area contributed by atoms with Gasteiger partial charge in [-0.2, -0.15) is 0 Å². The molecule has 1 aliphatic rings. The Labute approximate surface area is 230 Å². The van der Waals surface area contributed by atoms with Crippen molar-refractivity contribution in [3.05, 3.63) is 95.6 Å². The van der Waals surface area contributed by atoms with Gasteiger partial charge in [0.2, 0.25) is 5.90 Å². The minimum absolute atomic E-state index is 0.0754. The Morgan fingerprint density at radius 2 is 1.82 bits per heavy atom. The Kier molecular flexibility index (Phi) is 9.57. The fraction of sp³-hybridized carbons (Fsp3) is 0.355. The highest BCUT2D eigenvalue weighted by molar-refractivity contribution is 6.01. The quantitative estimate of drug-likeness (QED) is 0.225. The van der Waals surface area contributed by atoms with E-state index in [-0.39, 0.29) is 12.5 Å². The predicted octanol–water partition coefficient (Wildman–Crippen LogP) is 4.23. The average molecular weight is 532 g/mol. The molecule has 0 unspecified atom stereocenters. The third-order valence-corrected chi connectivity index (χ3v) is 6.46. The standard InChI is InChI=1S/C31H37N3O5/c1-22(2)21-32-34-30(36)31(20-23-9-5-4-6-10-23)28(25-11-7-12-27(19-25)37-3)39-29(33-31)24-13-15-26(16-14-24)38-18-8-17-35/h4-7,9-16,19,22,28,32,35H,8,17-18,20-21H2,1-3H3,(H,34,36)/t28-,31-/m0/s1. The number of rotatable bonds is 13. The number of nitrogens with zero attached hydrogens (tertiary/aromatic N) is 1. The normalized spacial score (nSPS) is 18.4. The summed E-state index contributed by atoms with van der Waals surface area (Å²) in [5.74, 6) is 1.79. The van der Waals surface area contributed by atoms with Gasteiger partial charge in [0.1, 0.15) is 11.5 Å². The van der Waals surface area contributed by atoms with Crippen LogP contribution in [-0.2, 0) is 16.0 Å². The number of carbonyl (C=O) groups is 1. The zero-order valence-electron chi connectivity index (χ0n) is 22.7. The lowest BCUT2D eigenvalue weighted by Gasteiger charge is -2.31. The van der Waals surface area contributed by atoms with Crippen LogP contribution in [0.1, 0.15) is 43.1 Å². The zero-order chi connectivity index (χ0) is 27.7. The summed E-state index contributed by atoms with van der Waals surface area (Å²) in [6.07, 6.45) is 0.183. The number of aliphatic hydroxyl groups excluding tert-OH is 1. The summed E-state index contributed by atoms with van der Waals surface area (Å²) in [6.45, 7) is 5.27. The van der Waals surface area contributed by atoms with Crippen molar-refractivity contribution in [3.63, 3.8) is 0 Å². The Morgan fingerprint density at radius 1 is 1.05 bits per heavy atom. The molecule has 3 aromatic rings. The highest BCUT2D eigenvalue weighted by atomic mass is 16.5. The minimum atomic E-state index is -1.29. The van der Waals surface area contributed by atoms with Crippen LogP contribution in [0, 0.1) is 5.92 Å². The van der Waals surface area contributed by atoms with E-state index in [2.05, 4.69) is 24.7 Å². The van der Waals surface area contributed by atoms with Crippen LogP contribution in [0.2, 0.25) is 0 Å². The van der Waals surface area contributed by atoms with Crippen molar-refractivity contribution in [1.82, 2.24) is 10.9 Å². The maximum atomic E-state index is 14.0. The summed E-state index contributed by atoms with van der Waals surface area (Å²) < 4.78 is 17.7. The second kappa shape index (κ2) is 13.3. The molecule has 39 heavy (non-hydrogen) atoms. The molecule has 1 amide bonds. The first-order valence-electron chi connectivity index (χ1n) is 13.3. The molecular weight excluding hydrogens is 494 g/mol. The fourth-order valence-electron chi connectivity index (χ4n) is 4.44. The SMILES string of the molecule is COc1cccc([C@@H]2OC(c3ccc(OCCCO)cc3)=N[C@]2(Cc2ccccc2)C(=O)NNCC(C)C)c1. The van der Waals surface area contributed by atoms with Gasteiger partial charge in [-0.25, -0.2) is 10.4 Å². The van der Waals surface area contributed by atoms with Crippen molar-refractivity contribution in [2.75, 3.05) is 26.9 Å². The molecule has 0 bridgehead atoms. The lowest BCUT2D eigenvalue weighted by atomic mass is 9.82. The molecule has 2 atom stereocenters. The van der Waals surface area contributed by atoms with E-state index in [9.17, 15) is 4.79 Å². The number of nitrogens with one attached hydrogen (secondary N) is 2. The first kappa shape index (κ1) is 28.1. The van der Waals surface area contributed by atoms with E-state index >= 15 is 0 Å². The van der Waals surface area contributed by atoms with E-state index in [0.29, 0.717) is 49.3 Å². The number of benzene rings is 3. The van der Waals surface area contributed by atoms with Gasteiger partial charge in [0.25, 0.3) is 5.91 Å². The summed E-state index contributed by atoms with van der Waals surface area (Å²) in [5.41, 5.74) is 7.17. The summed E-state index contributed by atoms with van der Waals surface area (Å²) in [4.78, 5) is 19.1. The van der Waals surface area contributed by atoms with E-state index in [1.807, 2.05) is 78.9 Å². The first-order valence-corrected chi connectivity index (χ1v) is 13.3. The molecule has 206 valence electrons. The highest BCUT2D eigenvalue weighted by Gasteiger charge is 2.53. The van der Waals surface area contributed by atoms with Gasteiger partial charge in [-0.15, -0.1) is 0 Å². The van der Waals surface area contributed by atoms with Crippen LogP contribution in [0.25, 0.3) is 0 Å². The molecule has 0 radical (unpaired) electrons. The van der Waals surface area contributed by atoms with Crippen LogP contribution in [0.5, 0.6) is 11.5 Å². The van der Waals surface area contributed by atoms with E-state index in [1.54, 1.807) is 7.11 Å². The molecule has 0 aliphatic carbocycles. The Hall–Kier alpha value is -3.88. The second-order valence-corrected chi connectivity index (χ2v) is 9.96. The van der Waals surface area contributed by atoms with Crippen LogP contribution in [0.3, 0.4) is 0 Å². The van der Waals surface area contributed by atoms with Crippen LogP contribution in [-0.4, -0.2) is 49.3 Å². The van der Waals surface area contributed by atoms with Gasteiger partial charge in [-0.05, 0) is 53.4 Å². The number of hydrogen-bond acceptors (Lipinski definition) is 7. The molecule has 0 aromatic heterocycles. The van der Waals surface area contributed by atoms with E-state index in [1.165, 1.54) is 0 Å². The largest absolute Gasteiger partial charge is 0.497 e. The molecule has 8 heteroatoms. The summed E-state index contributed by atoms with van der Waals surface area (Å²) >= 11 is 0. The smallest absolute Gasteiger partial charge is 0.266 e. The molecule has 3 aromatic carbocycles. The lowest BCUT2D eigenvalue weighted by molar-refractivity contribution is -0.130. The van der Waals surface area contributed by atoms with Crippen LogP contribution < -0.4 is 20.3 Å². The molecule has 0 saturated carbocycles. The number of hydrogen-bond donors (Lipinski definition) is 3. The molecule has 8 nitrogen and oxygen atoms in total. The zero-order valence-corrected chi connectivity index (χ0v) is 22.7. The van der Waals surface area contributed by atoms with Gasteiger partial charge in [-0.1, -0.05) is 56.3 Å². The summed E-state index contributed by atoms with van der Waals surface area (Å²) in [5, 5.41) is 9.01. The molecule has 0 fully saturated rings. The highest BCUT2D eigenvalue weighted by Crippen LogP contribution is 2.43. The Balaban J connectivity index is 1.75. The van der Waals surface area contributed by atoms with Crippen molar-refractivity contribution >= 4 is 11.8 Å². The molecule has 0 saturated heterocycles. The topological polar surface area (TPSA) is 101 Å². The van der Waals surface area contributed by atoms with Crippen molar-refractivity contribution in [2.45, 2.75) is 38.3 Å². The number of ether oxygens (including phenoxy) is 3. The van der Waals surface area contributed by atoms with E-state index < -0.39 is 11.6 Å². The lowest BCUT2D eigenvalue weighted by Crippen LogP contribution is -2.54. The number of carbonyl (C=O) groups excluding carboxylic acids is 1. The van der Waals surface area contributed by atoms with Gasteiger partial charge in [0.05, 0.1) is 13.7 Å². The fourth-order valence-corrected chi connectivity index (χ4v) is 4.44. The Bertz CT molecular complexity index is 1250. The second-order valence-electron chi connectivity index (χ2n) is 9.96. The molecule has 1 aliphatic heterocycles. The molecule has 0 spiro atoms. The average Bonchev–Trinajstić information content (AvgIpc) is 3.34. The van der Waals surface area contributed by atoms with Gasteiger partial charge in [0.15, 0.2) is 11.6 Å². The predicted molar refractivity (Wildman–Crippen MR) is 151 cm³/mol. The third kappa shape index (κ3) is 6.96. The van der Waals surface area contributed by atoms with Crippen molar-refractivity contribution in [2.24, 2.45) is 10.9 Å². The molecule has 4 rings (SSSR count). The number of aliphatic hydroxyl groups is 1. The monoisotopic (exact) mass is 531 g/mol. The molecular formula is C31H37N3O5. The number of methoxy groups -OCH3 is 1. The van der Waals surface area contributed by atoms with Crippen LogP contribution in [0.15, 0.2) is 83.9 Å². The van der Waals surface area contributed by atoms with Crippen molar-refractivity contribution in [3.8, 4) is 11.5 Å². The van der Waals surface area contributed by atoms with Crippen LogP contribution >= 0.6 is 0 Å². The van der Waals surface area contributed by atoms with Gasteiger partial charge >= 0.3 is 0 Å². The Morgan fingerprint density at radius 3 is 2.51 bits per heavy atom. The minimum Gasteiger partial charge on any atom is -0.497 e. The molecule has 1 heterocycles. The van der Waals surface area contributed by atoms with Crippen molar-refractivity contribution in [1.29, 1.82) is 0 Å². The van der Waals surface area contributed by atoms with E-state index in [4.69, 9.17) is 24.3 Å². The summed E-state index contributed by atoms with van der Waals surface area (Å²) in [7, 11) is 1.61.